The third-order valence-electron chi connectivity index (χ3n) is 4.92. The smallest absolute Gasteiger partial charge is 0.259 e. The van der Waals surface area contributed by atoms with Crippen molar-refractivity contribution in [2.24, 2.45) is 0 Å². The zero-order valence-electron chi connectivity index (χ0n) is 17.4. The summed E-state index contributed by atoms with van der Waals surface area (Å²) in [5.41, 5.74) is 3.02. The molecule has 31 heavy (non-hydrogen) atoms. The molecule has 0 saturated carbocycles. The molecule has 0 spiro atoms. The highest BCUT2D eigenvalue weighted by Crippen LogP contribution is 2.22. The Hall–Kier alpha value is -4.00. The molecule has 4 rings (SSSR count). The van der Waals surface area contributed by atoms with Crippen LogP contribution in [0.15, 0.2) is 82.2 Å². The average molecular weight is 414 g/mol. The first-order valence-electron chi connectivity index (χ1n) is 10.0. The minimum Gasteiger partial charge on any atom is -0.334 e. The third kappa shape index (κ3) is 4.45. The van der Waals surface area contributed by atoms with Crippen molar-refractivity contribution in [2.45, 2.75) is 20.4 Å². The zero-order valence-corrected chi connectivity index (χ0v) is 17.4. The van der Waals surface area contributed by atoms with Gasteiger partial charge in [-0.1, -0.05) is 47.1 Å². The van der Waals surface area contributed by atoms with Gasteiger partial charge in [-0.25, -0.2) is 0 Å². The van der Waals surface area contributed by atoms with Crippen molar-refractivity contribution in [1.82, 2.24) is 14.7 Å². The van der Waals surface area contributed by atoms with Crippen LogP contribution in [-0.4, -0.2) is 27.2 Å². The standard InChI is InChI=1S/C24H22N4O3/c1-3-28(20-10-5-4-6-11-20)22(30)16-27-15-19(12-13-21(27)29)24-25-23(26-31-24)18-9-7-8-17(2)14-18/h4-15H,3,16H2,1-2H3. The van der Waals surface area contributed by atoms with Crippen molar-refractivity contribution in [3.8, 4) is 22.8 Å². The average Bonchev–Trinajstić information content (AvgIpc) is 3.27. The summed E-state index contributed by atoms with van der Waals surface area (Å²) in [7, 11) is 0. The Bertz CT molecular complexity index is 1260. The Labute approximate surface area is 179 Å². The summed E-state index contributed by atoms with van der Waals surface area (Å²) >= 11 is 0. The molecule has 7 heteroatoms. The number of carbonyl (C=O) groups excluding carboxylic acids is 1. The lowest BCUT2D eigenvalue weighted by molar-refractivity contribution is -0.119. The minimum atomic E-state index is -0.278. The van der Waals surface area contributed by atoms with Crippen LogP contribution < -0.4 is 10.5 Å². The van der Waals surface area contributed by atoms with Gasteiger partial charge in [0.2, 0.25) is 11.7 Å². The molecule has 4 aromatic rings. The van der Waals surface area contributed by atoms with Crippen LogP contribution in [0.4, 0.5) is 5.69 Å². The number of hydrogen-bond donors (Lipinski definition) is 0. The van der Waals surface area contributed by atoms with Gasteiger partial charge < -0.3 is 14.0 Å². The first kappa shape index (κ1) is 20.3. The van der Waals surface area contributed by atoms with Gasteiger partial charge in [0.15, 0.2) is 0 Å². The van der Waals surface area contributed by atoms with Crippen LogP contribution >= 0.6 is 0 Å². The fourth-order valence-corrected chi connectivity index (χ4v) is 3.37. The zero-order chi connectivity index (χ0) is 21.8. The van der Waals surface area contributed by atoms with E-state index < -0.39 is 0 Å². The number of aryl methyl sites for hydroxylation is 1. The van der Waals surface area contributed by atoms with E-state index in [1.165, 1.54) is 10.6 Å². The Morgan fingerprint density at radius 1 is 1.03 bits per heavy atom. The number of aromatic nitrogens is 3. The normalized spacial score (nSPS) is 10.8. The number of benzene rings is 2. The van der Waals surface area contributed by atoms with Crippen LogP contribution in [0.1, 0.15) is 12.5 Å². The molecule has 0 saturated heterocycles. The summed E-state index contributed by atoms with van der Waals surface area (Å²) in [5.74, 6) is 0.570. The molecule has 0 fully saturated rings. The van der Waals surface area contributed by atoms with Gasteiger partial charge >= 0.3 is 0 Å². The van der Waals surface area contributed by atoms with E-state index in [-0.39, 0.29) is 23.9 Å². The lowest BCUT2D eigenvalue weighted by atomic mass is 10.1. The van der Waals surface area contributed by atoms with Gasteiger partial charge in [-0.15, -0.1) is 0 Å². The Morgan fingerprint density at radius 2 is 1.84 bits per heavy atom. The third-order valence-corrected chi connectivity index (χ3v) is 4.92. The quantitative estimate of drug-likeness (QED) is 0.478. The molecule has 0 radical (unpaired) electrons. The summed E-state index contributed by atoms with van der Waals surface area (Å²) in [6.07, 6.45) is 1.58. The van der Waals surface area contributed by atoms with E-state index in [1.54, 1.807) is 17.2 Å². The molecule has 0 N–H and O–H groups in total. The lowest BCUT2D eigenvalue weighted by Crippen LogP contribution is -2.36. The molecule has 7 nitrogen and oxygen atoms in total. The van der Waals surface area contributed by atoms with Crippen molar-refractivity contribution in [2.75, 3.05) is 11.4 Å². The van der Waals surface area contributed by atoms with E-state index in [4.69, 9.17) is 4.52 Å². The molecule has 0 bridgehead atoms. The molecule has 0 unspecified atom stereocenters. The highest BCUT2D eigenvalue weighted by atomic mass is 16.5. The molecule has 0 aliphatic heterocycles. The number of para-hydroxylation sites is 1. The number of anilines is 1. The highest BCUT2D eigenvalue weighted by molar-refractivity contribution is 5.93. The monoisotopic (exact) mass is 414 g/mol. The lowest BCUT2D eigenvalue weighted by Gasteiger charge is -2.21. The maximum absolute atomic E-state index is 12.9. The second kappa shape index (κ2) is 8.79. The van der Waals surface area contributed by atoms with Gasteiger partial charge in [0, 0.05) is 30.1 Å². The van der Waals surface area contributed by atoms with Gasteiger partial charge in [-0.2, -0.15) is 4.98 Å². The summed E-state index contributed by atoms with van der Waals surface area (Å²) in [5, 5.41) is 4.05. The largest absolute Gasteiger partial charge is 0.334 e. The van der Waals surface area contributed by atoms with Gasteiger partial charge in [-0.3, -0.25) is 9.59 Å². The second-order valence-corrected chi connectivity index (χ2v) is 7.15. The first-order valence-corrected chi connectivity index (χ1v) is 10.0. The van der Waals surface area contributed by atoms with Crippen LogP contribution in [0.5, 0.6) is 0 Å². The second-order valence-electron chi connectivity index (χ2n) is 7.15. The predicted octanol–water partition coefficient (Wildman–Crippen LogP) is 3.93. The predicted molar refractivity (Wildman–Crippen MR) is 119 cm³/mol. The highest BCUT2D eigenvalue weighted by Gasteiger charge is 2.17. The van der Waals surface area contributed by atoms with Gasteiger partial charge in [0.05, 0.1) is 5.56 Å². The van der Waals surface area contributed by atoms with Gasteiger partial charge in [0.1, 0.15) is 6.54 Å². The van der Waals surface area contributed by atoms with Crippen LogP contribution in [0, 0.1) is 6.92 Å². The number of rotatable bonds is 6. The van der Waals surface area contributed by atoms with Crippen LogP contribution in [-0.2, 0) is 11.3 Å². The van der Waals surface area contributed by atoms with Crippen LogP contribution in [0.2, 0.25) is 0 Å². The number of nitrogens with zero attached hydrogens (tertiary/aromatic N) is 4. The molecule has 1 amide bonds. The maximum atomic E-state index is 12.9. The number of likely N-dealkylation sites (N-methyl/N-ethyl adjacent to an activating group) is 1. The van der Waals surface area contributed by atoms with Crippen molar-refractivity contribution < 1.29 is 9.32 Å². The maximum Gasteiger partial charge on any atom is 0.259 e. The van der Waals surface area contributed by atoms with Crippen LogP contribution in [0.3, 0.4) is 0 Å². The number of carbonyl (C=O) groups is 1. The van der Waals surface area contributed by atoms with E-state index >= 15 is 0 Å². The van der Waals surface area contributed by atoms with Crippen LogP contribution in [0.25, 0.3) is 22.8 Å². The molecule has 0 aliphatic carbocycles. The van der Waals surface area contributed by atoms with E-state index in [1.807, 2.05) is 68.4 Å². The molecule has 0 aliphatic rings. The summed E-state index contributed by atoms with van der Waals surface area (Å²) < 4.78 is 6.77. The van der Waals surface area contributed by atoms with Crippen molar-refractivity contribution in [3.05, 3.63) is 88.8 Å². The van der Waals surface area contributed by atoms with E-state index in [0.717, 1.165) is 16.8 Å². The molecule has 2 heterocycles. The SMILES string of the molecule is CCN(C(=O)Cn1cc(-c2nc(-c3cccc(C)c3)no2)ccc1=O)c1ccccc1. The van der Waals surface area contributed by atoms with Crippen molar-refractivity contribution in [3.63, 3.8) is 0 Å². The van der Waals surface area contributed by atoms with Gasteiger partial charge in [0.25, 0.3) is 11.4 Å². The van der Waals surface area contributed by atoms with Crippen molar-refractivity contribution in [1.29, 1.82) is 0 Å². The van der Waals surface area contributed by atoms with E-state index in [0.29, 0.717) is 17.9 Å². The fourth-order valence-electron chi connectivity index (χ4n) is 3.37. The summed E-state index contributed by atoms with van der Waals surface area (Å²) in [6, 6.07) is 20.2. The number of amides is 1. The fraction of sp³-hybridized carbons (Fsp3) is 0.167. The van der Waals surface area contributed by atoms with Crippen molar-refractivity contribution >= 4 is 11.6 Å². The summed E-state index contributed by atoms with van der Waals surface area (Å²) in [6.45, 7) is 4.30. The molecule has 2 aromatic heterocycles. The van der Waals surface area contributed by atoms with Gasteiger partial charge in [-0.05, 0) is 38.1 Å². The number of hydrogen-bond acceptors (Lipinski definition) is 5. The molecule has 2 aromatic carbocycles. The topological polar surface area (TPSA) is 81.2 Å². The Morgan fingerprint density at radius 3 is 2.58 bits per heavy atom. The molecular weight excluding hydrogens is 392 g/mol. The van der Waals surface area contributed by atoms with E-state index in [9.17, 15) is 9.59 Å². The molecular formula is C24H22N4O3. The summed E-state index contributed by atoms with van der Waals surface area (Å²) in [4.78, 5) is 31.3. The molecule has 0 atom stereocenters. The Kier molecular flexibility index (Phi) is 5.75. The molecule has 156 valence electrons. The first-order chi connectivity index (χ1) is 15.0. The number of pyridine rings is 1. The van der Waals surface area contributed by atoms with E-state index in [2.05, 4.69) is 10.1 Å². The minimum absolute atomic E-state index is 0.0890. The Balaban J connectivity index is 1.59.